The van der Waals surface area contributed by atoms with E-state index >= 15 is 0 Å². The molecule has 0 aliphatic heterocycles. The van der Waals surface area contributed by atoms with Crippen molar-refractivity contribution in [3.05, 3.63) is 40.4 Å². The van der Waals surface area contributed by atoms with E-state index in [2.05, 4.69) is 29.4 Å². The quantitative estimate of drug-likeness (QED) is 0.876. The molecule has 1 unspecified atom stereocenters. The second-order valence-corrected chi connectivity index (χ2v) is 6.54. The lowest BCUT2D eigenvalue weighted by Gasteiger charge is -2.11. The van der Waals surface area contributed by atoms with E-state index < -0.39 is 6.04 Å². The molecule has 0 spiro atoms. The van der Waals surface area contributed by atoms with Crippen LogP contribution in [0.15, 0.2) is 24.3 Å². The molecule has 0 radical (unpaired) electrons. The van der Waals surface area contributed by atoms with Crippen LogP contribution in [0.3, 0.4) is 0 Å². The van der Waals surface area contributed by atoms with Crippen LogP contribution < -0.4 is 11.1 Å². The zero-order valence-corrected chi connectivity index (χ0v) is 14.5. The molecule has 0 aliphatic rings. The molecule has 1 aromatic carbocycles. The molecule has 1 amide bonds. The van der Waals surface area contributed by atoms with Crippen LogP contribution in [0, 0.1) is 12.8 Å². The number of anilines is 1. The van der Waals surface area contributed by atoms with Gasteiger partial charge in [-0.15, -0.1) is 22.6 Å². The molecule has 0 saturated carbocycles. The van der Waals surface area contributed by atoms with E-state index in [9.17, 15) is 4.79 Å². The van der Waals surface area contributed by atoms with E-state index in [0.29, 0.717) is 11.0 Å². The lowest BCUT2D eigenvalue weighted by atomic mass is 10.1. The first kappa shape index (κ1) is 18.5. The third kappa shape index (κ3) is 5.05. The molecule has 22 heavy (non-hydrogen) atoms. The molecule has 1 heterocycles. The Morgan fingerprint density at radius 2 is 1.91 bits per heavy atom. The fourth-order valence-electron chi connectivity index (χ4n) is 1.84. The average Bonchev–Trinajstić information content (AvgIpc) is 2.85. The number of aryl methyl sites for hydroxylation is 1. The molecule has 2 aromatic rings. The van der Waals surface area contributed by atoms with Gasteiger partial charge in [-0.1, -0.05) is 55.0 Å². The molecule has 0 aliphatic carbocycles. The maximum Gasteiger partial charge on any atom is 0.247 e. The fraction of sp³-hybridized carbons (Fsp3) is 0.400. The van der Waals surface area contributed by atoms with Gasteiger partial charge in [-0.25, -0.2) is 0 Å². The molecule has 5 nitrogen and oxygen atoms in total. The number of hydrogen-bond donors (Lipinski definition) is 2. The molecule has 2 rings (SSSR count). The Balaban J connectivity index is 0.00000242. The van der Waals surface area contributed by atoms with Crippen molar-refractivity contribution in [3.63, 3.8) is 0 Å². The molecule has 0 saturated heterocycles. The normalized spacial score (nSPS) is 11.9. The standard InChI is InChI=1S/C15H20N4OS.ClH/c1-9(2)8-12-18-19-15(21-12)17-14(20)13(16)11-6-4-10(3)5-7-11;/h4-7,9,13H,8,16H2,1-3H3,(H,17,19,20);1H. The van der Waals surface area contributed by atoms with Crippen molar-refractivity contribution in [2.75, 3.05) is 5.32 Å². The van der Waals surface area contributed by atoms with Crippen LogP contribution in [0.25, 0.3) is 0 Å². The Kier molecular flexibility index (Phi) is 6.93. The zero-order chi connectivity index (χ0) is 15.4. The van der Waals surface area contributed by atoms with E-state index in [1.165, 1.54) is 11.3 Å². The fourth-order valence-corrected chi connectivity index (χ4v) is 2.80. The van der Waals surface area contributed by atoms with E-state index in [1.807, 2.05) is 31.2 Å². The topological polar surface area (TPSA) is 80.9 Å². The van der Waals surface area contributed by atoms with E-state index in [-0.39, 0.29) is 18.3 Å². The van der Waals surface area contributed by atoms with Crippen LogP contribution in [0.5, 0.6) is 0 Å². The van der Waals surface area contributed by atoms with Crippen LogP contribution in [-0.4, -0.2) is 16.1 Å². The molecule has 0 fully saturated rings. The highest BCUT2D eigenvalue weighted by molar-refractivity contribution is 7.15. The second-order valence-electron chi connectivity index (χ2n) is 5.48. The number of nitrogens with two attached hydrogens (primary N) is 1. The van der Waals surface area contributed by atoms with Crippen molar-refractivity contribution in [1.29, 1.82) is 0 Å². The van der Waals surface area contributed by atoms with Gasteiger partial charge in [-0.05, 0) is 18.4 Å². The number of nitrogens with zero attached hydrogens (tertiary/aromatic N) is 2. The maximum absolute atomic E-state index is 12.1. The number of carbonyl (C=O) groups is 1. The lowest BCUT2D eigenvalue weighted by molar-refractivity contribution is -0.117. The Labute approximate surface area is 140 Å². The minimum Gasteiger partial charge on any atom is -0.316 e. The number of amides is 1. The summed E-state index contributed by atoms with van der Waals surface area (Å²) in [7, 11) is 0. The molecular weight excluding hydrogens is 320 g/mol. The summed E-state index contributed by atoms with van der Waals surface area (Å²) in [6.45, 7) is 6.23. The van der Waals surface area contributed by atoms with Crippen LogP contribution in [0.4, 0.5) is 5.13 Å². The summed E-state index contributed by atoms with van der Waals surface area (Å²) in [6, 6.07) is 6.90. The summed E-state index contributed by atoms with van der Waals surface area (Å²) in [4.78, 5) is 12.1. The van der Waals surface area contributed by atoms with E-state index in [1.54, 1.807) is 0 Å². The summed E-state index contributed by atoms with van der Waals surface area (Å²) in [5.74, 6) is 0.238. The van der Waals surface area contributed by atoms with Crippen molar-refractivity contribution in [1.82, 2.24) is 10.2 Å². The molecule has 3 N–H and O–H groups in total. The van der Waals surface area contributed by atoms with Gasteiger partial charge >= 0.3 is 0 Å². The minimum atomic E-state index is -0.706. The van der Waals surface area contributed by atoms with Crippen molar-refractivity contribution < 1.29 is 4.79 Å². The first-order valence-corrected chi connectivity index (χ1v) is 7.72. The number of carbonyl (C=O) groups excluding carboxylic acids is 1. The van der Waals surface area contributed by atoms with Gasteiger partial charge in [0.1, 0.15) is 11.0 Å². The Morgan fingerprint density at radius 3 is 2.50 bits per heavy atom. The van der Waals surface area contributed by atoms with Gasteiger partial charge in [0.2, 0.25) is 11.0 Å². The first-order valence-electron chi connectivity index (χ1n) is 6.91. The summed E-state index contributed by atoms with van der Waals surface area (Å²) in [6.07, 6.45) is 0.859. The Morgan fingerprint density at radius 1 is 1.27 bits per heavy atom. The molecule has 1 aromatic heterocycles. The van der Waals surface area contributed by atoms with Crippen molar-refractivity contribution >= 4 is 34.8 Å². The number of rotatable bonds is 5. The molecule has 7 heteroatoms. The van der Waals surface area contributed by atoms with E-state index in [0.717, 1.165) is 22.6 Å². The summed E-state index contributed by atoms with van der Waals surface area (Å²) < 4.78 is 0. The number of benzene rings is 1. The number of hydrogen-bond acceptors (Lipinski definition) is 5. The molecule has 120 valence electrons. The average molecular weight is 341 g/mol. The summed E-state index contributed by atoms with van der Waals surface area (Å²) in [5, 5.41) is 12.2. The van der Waals surface area contributed by atoms with Gasteiger partial charge in [-0.3, -0.25) is 10.1 Å². The van der Waals surface area contributed by atoms with E-state index in [4.69, 9.17) is 5.73 Å². The summed E-state index contributed by atoms with van der Waals surface area (Å²) >= 11 is 1.39. The van der Waals surface area contributed by atoms with Gasteiger partial charge in [0.05, 0.1) is 0 Å². The third-order valence-corrected chi connectivity index (χ3v) is 3.86. The van der Waals surface area contributed by atoms with Gasteiger partial charge in [-0.2, -0.15) is 0 Å². The van der Waals surface area contributed by atoms with Gasteiger partial charge < -0.3 is 5.73 Å². The first-order chi connectivity index (χ1) is 9.95. The van der Waals surface area contributed by atoms with Gasteiger partial charge in [0.25, 0.3) is 0 Å². The molecular formula is C15H21ClN4OS. The van der Waals surface area contributed by atoms with Crippen LogP contribution in [0.2, 0.25) is 0 Å². The lowest BCUT2D eigenvalue weighted by Crippen LogP contribution is -2.27. The summed E-state index contributed by atoms with van der Waals surface area (Å²) in [5.41, 5.74) is 7.88. The largest absolute Gasteiger partial charge is 0.316 e. The second kappa shape index (κ2) is 8.22. The van der Waals surface area contributed by atoms with Gasteiger partial charge in [0.15, 0.2) is 0 Å². The predicted molar refractivity (Wildman–Crippen MR) is 92.4 cm³/mol. The molecule has 1 atom stereocenters. The SMILES string of the molecule is Cc1ccc(C(N)C(=O)Nc2nnc(CC(C)C)s2)cc1.Cl. The number of aromatic nitrogens is 2. The van der Waals surface area contributed by atoms with Crippen molar-refractivity contribution in [2.45, 2.75) is 33.2 Å². The maximum atomic E-state index is 12.1. The Bertz CT molecular complexity index is 612. The van der Waals surface area contributed by atoms with Crippen LogP contribution >= 0.6 is 23.7 Å². The minimum absolute atomic E-state index is 0. The number of nitrogens with one attached hydrogen (secondary N) is 1. The van der Waals surface area contributed by atoms with Crippen LogP contribution in [-0.2, 0) is 11.2 Å². The van der Waals surface area contributed by atoms with Gasteiger partial charge in [0, 0.05) is 6.42 Å². The van der Waals surface area contributed by atoms with Crippen molar-refractivity contribution in [3.8, 4) is 0 Å². The monoisotopic (exact) mass is 340 g/mol. The predicted octanol–water partition coefficient (Wildman–Crippen LogP) is 3.11. The highest BCUT2D eigenvalue weighted by Gasteiger charge is 2.17. The third-order valence-electron chi connectivity index (χ3n) is 3.00. The van der Waals surface area contributed by atoms with Crippen molar-refractivity contribution in [2.24, 2.45) is 11.7 Å². The highest BCUT2D eigenvalue weighted by atomic mass is 35.5. The smallest absolute Gasteiger partial charge is 0.247 e. The highest BCUT2D eigenvalue weighted by Crippen LogP contribution is 2.20. The van der Waals surface area contributed by atoms with Crippen LogP contribution in [0.1, 0.15) is 36.0 Å². The Hall–Kier alpha value is -1.50. The zero-order valence-electron chi connectivity index (χ0n) is 12.9. The molecule has 0 bridgehead atoms. The number of halogens is 1.